The lowest BCUT2D eigenvalue weighted by molar-refractivity contribution is -0.131. The first kappa shape index (κ1) is 19.5. The van der Waals surface area contributed by atoms with Crippen molar-refractivity contribution in [3.8, 4) is 5.75 Å². The van der Waals surface area contributed by atoms with Crippen LogP contribution in [-0.4, -0.2) is 36.7 Å². The lowest BCUT2D eigenvalue weighted by atomic mass is 10.1. The van der Waals surface area contributed by atoms with Crippen molar-refractivity contribution < 1.29 is 28.9 Å². The molecule has 132 valence electrons. The minimum absolute atomic E-state index is 0.0247. The summed E-state index contributed by atoms with van der Waals surface area (Å²) in [6, 6.07) is 5.17. The number of hydrogen-bond donors (Lipinski definition) is 2. The fourth-order valence-electron chi connectivity index (χ4n) is 1.72. The monoisotopic (exact) mass is 337 g/mol. The van der Waals surface area contributed by atoms with Gasteiger partial charge >= 0.3 is 12.1 Å². The molecule has 0 unspecified atom stereocenters. The molecule has 0 bridgehead atoms. The van der Waals surface area contributed by atoms with Crippen LogP contribution < -0.4 is 10.1 Å². The largest absolute Gasteiger partial charge is 0.478 e. The van der Waals surface area contributed by atoms with Crippen LogP contribution >= 0.6 is 0 Å². The van der Waals surface area contributed by atoms with Gasteiger partial charge in [-0.05, 0) is 38.5 Å². The Morgan fingerprint density at radius 1 is 1.29 bits per heavy atom. The Kier molecular flexibility index (Phi) is 7.26. The summed E-state index contributed by atoms with van der Waals surface area (Å²) in [5, 5.41) is 11.4. The lowest BCUT2D eigenvalue weighted by Crippen LogP contribution is -2.32. The molecule has 0 radical (unpaired) electrons. The van der Waals surface area contributed by atoms with E-state index in [0.29, 0.717) is 11.3 Å². The third-order valence-electron chi connectivity index (χ3n) is 2.65. The summed E-state index contributed by atoms with van der Waals surface area (Å²) in [5.74, 6) is -0.596. The second kappa shape index (κ2) is 8.93. The van der Waals surface area contributed by atoms with Crippen LogP contribution in [0.15, 0.2) is 24.3 Å². The molecule has 1 aromatic carbocycles. The second-order valence-electron chi connectivity index (χ2n) is 5.95. The molecule has 24 heavy (non-hydrogen) atoms. The van der Waals surface area contributed by atoms with Gasteiger partial charge in [-0.2, -0.15) is 0 Å². The van der Waals surface area contributed by atoms with Gasteiger partial charge in [0.25, 0.3) is 0 Å². The normalized spacial score (nSPS) is 11.3. The lowest BCUT2D eigenvalue weighted by Gasteiger charge is -2.19. The smallest absolute Gasteiger partial charge is 0.407 e. The summed E-state index contributed by atoms with van der Waals surface area (Å²) in [5.41, 5.74) is 0.803. The average Bonchev–Trinajstić information content (AvgIpc) is 2.47. The maximum absolute atomic E-state index is 11.7. The molecular formula is C17H23NO6. The first-order valence-electron chi connectivity index (χ1n) is 7.34. The first-order chi connectivity index (χ1) is 11.2. The van der Waals surface area contributed by atoms with Crippen molar-refractivity contribution in [3.05, 3.63) is 35.4 Å². The van der Waals surface area contributed by atoms with Gasteiger partial charge in [0.05, 0.1) is 0 Å². The maximum atomic E-state index is 11.7. The number of nitrogens with one attached hydrogen (secondary N) is 1. The summed E-state index contributed by atoms with van der Waals surface area (Å²) < 4.78 is 15.5. The topological polar surface area (TPSA) is 94.1 Å². The fraction of sp³-hybridized carbons (Fsp3) is 0.412. The van der Waals surface area contributed by atoms with Crippen LogP contribution in [-0.2, 0) is 20.8 Å². The molecule has 0 saturated carbocycles. The van der Waals surface area contributed by atoms with Crippen molar-refractivity contribution in [3.63, 3.8) is 0 Å². The van der Waals surface area contributed by atoms with E-state index >= 15 is 0 Å². The van der Waals surface area contributed by atoms with Crippen molar-refractivity contribution >= 4 is 18.1 Å². The van der Waals surface area contributed by atoms with E-state index in [1.807, 2.05) is 0 Å². The summed E-state index contributed by atoms with van der Waals surface area (Å²) in [6.45, 7) is 5.63. The van der Waals surface area contributed by atoms with Crippen LogP contribution in [0.2, 0.25) is 0 Å². The number of hydrogen-bond acceptors (Lipinski definition) is 5. The van der Waals surface area contributed by atoms with Gasteiger partial charge in [-0.1, -0.05) is 12.1 Å². The molecule has 0 aliphatic heterocycles. The van der Waals surface area contributed by atoms with Crippen molar-refractivity contribution in [1.29, 1.82) is 0 Å². The number of carboxylic acids is 1. The molecule has 0 heterocycles. The Morgan fingerprint density at radius 2 is 2.00 bits per heavy atom. The van der Waals surface area contributed by atoms with E-state index in [2.05, 4.69) is 5.32 Å². The number of benzene rings is 1. The van der Waals surface area contributed by atoms with Gasteiger partial charge in [-0.15, -0.1) is 0 Å². The molecule has 7 heteroatoms. The molecule has 1 aromatic rings. The summed E-state index contributed by atoms with van der Waals surface area (Å²) in [7, 11) is 1.49. The number of carbonyl (C=O) groups is 2. The number of carbonyl (C=O) groups excluding carboxylic acids is 1. The van der Waals surface area contributed by atoms with E-state index in [9.17, 15) is 9.59 Å². The maximum Gasteiger partial charge on any atom is 0.407 e. The molecule has 1 amide bonds. The molecular weight excluding hydrogens is 314 g/mol. The van der Waals surface area contributed by atoms with Gasteiger partial charge in [0, 0.05) is 25.3 Å². The van der Waals surface area contributed by atoms with Crippen LogP contribution in [0.4, 0.5) is 4.79 Å². The SMILES string of the molecule is COCOc1cc(CNC(=O)OC(C)(C)C)ccc1C=CC(=O)O. The number of methoxy groups -OCH3 is 1. The van der Waals surface area contributed by atoms with Crippen LogP contribution in [0.5, 0.6) is 5.75 Å². The Morgan fingerprint density at radius 3 is 2.58 bits per heavy atom. The highest BCUT2D eigenvalue weighted by atomic mass is 16.7. The van der Waals surface area contributed by atoms with E-state index in [1.165, 1.54) is 13.2 Å². The Labute approximate surface area is 141 Å². The van der Waals surface area contributed by atoms with Gasteiger partial charge < -0.3 is 24.6 Å². The minimum Gasteiger partial charge on any atom is -0.478 e. The van der Waals surface area contributed by atoms with Crippen molar-refractivity contribution in [2.75, 3.05) is 13.9 Å². The first-order valence-corrected chi connectivity index (χ1v) is 7.34. The molecule has 0 aromatic heterocycles. The van der Waals surface area contributed by atoms with Gasteiger partial charge in [0.2, 0.25) is 0 Å². The predicted molar refractivity (Wildman–Crippen MR) is 88.7 cm³/mol. The zero-order chi connectivity index (χ0) is 18.2. The van der Waals surface area contributed by atoms with Crippen molar-refractivity contribution in [2.24, 2.45) is 0 Å². The van der Waals surface area contributed by atoms with E-state index in [-0.39, 0.29) is 13.3 Å². The predicted octanol–water partition coefficient (Wildman–Crippen LogP) is 2.79. The number of amides is 1. The highest BCUT2D eigenvalue weighted by Crippen LogP contribution is 2.22. The van der Waals surface area contributed by atoms with Gasteiger partial charge in [0.1, 0.15) is 11.4 Å². The average molecular weight is 337 g/mol. The molecule has 0 saturated heterocycles. The summed E-state index contributed by atoms with van der Waals surface area (Å²) in [6.07, 6.45) is 1.93. The van der Waals surface area contributed by atoms with E-state index in [0.717, 1.165) is 11.6 Å². The second-order valence-corrected chi connectivity index (χ2v) is 5.95. The number of rotatable bonds is 7. The number of carboxylic acid groups (broad SMARTS) is 1. The van der Waals surface area contributed by atoms with Crippen molar-refractivity contribution in [2.45, 2.75) is 32.9 Å². The Hall–Kier alpha value is -2.54. The number of aliphatic carboxylic acids is 1. The summed E-state index contributed by atoms with van der Waals surface area (Å²) in [4.78, 5) is 22.3. The van der Waals surface area contributed by atoms with E-state index in [1.54, 1.807) is 39.0 Å². The van der Waals surface area contributed by atoms with Gasteiger partial charge in [0.15, 0.2) is 6.79 Å². The Bertz CT molecular complexity index is 604. The molecule has 7 nitrogen and oxygen atoms in total. The minimum atomic E-state index is -1.05. The van der Waals surface area contributed by atoms with E-state index < -0.39 is 17.7 Å². The van der Waals surface area contributed by atoms with Gasteiger partial charge in [-0.25, -0.2) is 9.59 Å². The van der Waals surface area contributed by atoms with Crippen LogP contribution in [0, 0.1) is 0 Å². The molecule has 0 spiro atoms. The van der Waals surface area contributed by atoms with Crippen LogP contribution in [0.3, 0.4) is 0 Å². The summed E-state index contributed by atoms with van der Waals surface area (Å²) >= 11 is 0. The quantitative estimate of drug-likeness (QED) is 0.587. The molecule has 2 N–H and O–H groups in total. The zero-order valence-electron chi connectivity index (χ0n) is 14.3. The van der Waals surface area contributed by atoms with E-state index in [4.69, 9.17) is 19.3 Å². The molecule has 0 aliphatic carbocycles. The molecule has 0 fully saturated rings. The number of ether oxygens (including phenoxy) is 3. The number of alkyl carbamates (subject to hydrolysis) is 1. The third kappa shape index (κ3) is 7.64. The highest BCUT2D eigenvalue weighted by molar-refractivity contribution is 5.85. The highest BCUT2D eigenvalue weighted by Gasteiger charge is 2.15. The zero-order valence-corrected chi connectivity index (χ0v) is 14.3. The van der Waals surface area contributed by atoms with Crippen LogP contribution in [0.25, 0.3) is 6.08 Å². The van der Waals surface area contributed by atoms with Gasteiger partial charge in [-0.3, -0.25) is 0 Å². The standard InChI is InChI=1S/C17H23NO6/c1-17(2,3)24-16(21)18-10-12-5-6-13(7-8-15(19)20)14(9-12)23-11-22-4/h5-9H,10-11H2,1-4H3,(H,18,21)(H,19,20). The Balaban J connectivity index is 2.81. The fourth-order valence-corrected chi connectivity index (χ4v) is 1.72. The third-order valence-corrected chi connectivity index (χ3v) is 2.65. The molecule has 1 rings (SSSR count). The molecule has 0 aliphatic rings. The van der Waals surface area contributed by atoms with Crippen molar-refractivity contribution in [1.82, 2.24) is 5.32 Å². The van der Waals surface area contributed by atoms with Crippen LogP contribution in [0.1, 0.15) is 31.9 Å². The molecule has 0 atom stereocenters.